The monoisotopic (exact) mass is 415 g/mol. The highest BCUT2D eigenvalue weighted by Crippen LogP contribution is 2.19. The number of nitrogens with one attached hydrogen (secondary N) is 2. The van der Waals surface area contributed by atoms with Gasteiger partial charge in [-0.1, -0.05) is 6.07 Å². The van der Waals surface area contributed by atoms with Crippen molar-refractivity contribution in [1.29, 1.82) is 0 Å². The molecule has 144 valence electrons. The first-order chi connectivity index (χ1) is 13.2. The Morgan fingerprint density at radius 3 is 2.18 bits per heavy atom. The molecule has 2 amide bonds. The van der Waals surface area contributed by atoms with Gasteiger partial charge in [-0.25, -0.2) is 13.6 Å². The van der Waals surface area contributed by atoms with E-state index in [1.165, 1.54) is 29.5 Å². The molecule has 0 aliphatic rings. The molecule has 2 aromatic carbocycles. The van der Waals surface area contributed by atoms with Crippen molar-refractivity contribution >= 4 is 44.5 Å². The Balaban J connectivity index is 1.68. The lowest BCUT2D eigenvalue weighted by Gasteiger charge is -2.08. The molecule has 0 bridgehead atoms. The van der Waals surface area contributed by atoms with Gasteiger partial charge in [-0.2, -0.15) is 0 Å². The third kappa shape index (κ3) is 4.83. The van der Waals surface area contributed by atoms with Gasteiger partial charge in [0.05, 0.1) is 9.77 Å². The Hall–Kier alpha value is -3.01. The van der Waals surface area contributed by atoms with E-state index in [4.69, 9.17) is 5.14 Å². The van der Waals surface area contributed by atoms with Crippen molar-refractivity contribution in [3.63, 3.8) is 0 Å². The highest BCUT2D eigenvalue weighted by molar-refractivity contribution is 7.89. The van der Waals surface area contributed by atoms with E-state index in [9.17, 15) is 18.0 Å². The molecule has 0 aliphatic carbocycles. The normalized spacial score (nSPS) is 11.1. The largest absolute Gasteiger partial charge is 0.322 e. The van der Waals surface area contributed by atoms with Crippen molar-refractivity contribution in [2.24, 2.45) is 5.14 Å². The second-order valence-corrected chi connectivity index (χ2v) is 8.82. The molecular formula is C19H17N3O4S2. The second-order valence-electron chi connectivity index (χ2n) is 5.97. The number of hydrogen-bond donors (Lipinski definition) is 3. The Bertz CT molecular complexity index is 1140. The molecule has 0 fully saturated rings. The third-order valence-corrected chi connectivity index (χ3v) is 5.70. The molecule has 1 aromatic heterocycles. The molecule has 3 rings (SSSR count). The van der Waals surface area contributed by atoms with Crippen LogP contribution in [0.2, 0.25) is 0 Å². The molecule has 0 saturated carbocycles. The van der Waals surface area contributed by atoms with Crippen LogP contribution in [0.5, 0.6) is 0 Å². The number of nitrogens with two attached hydrogens (primary N) is 1. The number of sulfonamides is 1. The number of rotatable bonds is 5. The first kappa shape index (κ1) is 19.7. The van der Waals surface area contributed by atoms with Gasteiger partial charge < -0.3 is 10.6 Å². The van der Waals surface area contributed by atoms with Crippen LogP contribution < -0.4 is 15.8 Å². The molecule has 0 saturated heterocycles. The maximum atomic E-state index is 12.4. The van der Waals surface area contributed by atoms with E-state index < -0.39 is 15.9 Å². The number of aryl methyl sites for hydroxylation is 1. The van der Waals surface area contributed by atoms with Gasteiger partial charge in [0.15, 0.2) is 0 Å². The minimum atomic E-state index is -3.86. The molecule has 0 atom stereocenters. The van der Waals surface area contributed by atoms with E-state index in [2.05, 4.69) is 10.6 Å². The highest BCUT2D eigenvalue weighted by Gasteiger charge is 2.12. The van der Waals surface area contributed by atoms with Crippen LogP contribution in [0.3, 0.4) is 0 Å². The summed E-state index contributed by atoms with van der Waals surface area (Å²) in [4.78, 5) is 26.1. The summed E-state index contributed by atoms with van der Waals surface area (Å²) in [6, 6.07) is 15.7. The molecule has 1 heterocycles. The van der Waals surface area contributed by atoms with Crippen LogP contribution in [-0.4, -0.2) is 20.2 Å². The molecule has 9 heteroatoms. The SMILES string of the molecule is Cc1ccc(C(=O)Nc2ccc(C(=O)Nc3cccc(S(N)(=O)=O)c3)cc2)s1. The van der Waals surface area contributed by atoms with Crippen molar-refractivity contribution in [2.75, 3.05) is 10.6 Å². The van der Waals surface area contributed by atoms with Crippen LogP contribution in [0.4, 0.5) is 11.4 Å². The summed E-state index contributed by atoms with van der Waals surface area (Å²) in [6.07, 6.45) is 0. The number of hydrogen-bond acceptors (Lipinski definition) is 5. The van der Waals surface area contributed by atoms with Crippen molar-refractivity contribution in [3.05, 3.63) is 76.0 Å². The van der Waals surface area contributed by atoms with E-state index >= 15 is 0 Å². The zero-order chi connectivity index (χ0) is 20.3. The van der Waals surface area contributed by atoms with Gasteiger partial charge >= 0.3 is 0 Å². The summed E-state index contributed by atoms with van der Waals surface area (Å²) in [5, 5.41) is 10.5. The van der Waals surface area contributed by atoms with Gasteiger partial charge in [-0.05, 0) is 61.5 Å². The molecule has 0 unspecified atom stereocenters. The summed E-state index contributed by atoms with van der Waals surface area (Å²) in [6.45, 7) is 1.92. The van der Waals surface area contributed by atoms with Crippen molar-refractivity contribution in [1.82, 2.24) is 0 Å². The standard InChI is InChI=1S/C19H17N3O4S2/c1-12-5-10-17(27-12)19(24)21-14-8-6-13(7-9-14)18(23)22-15-3-2-4-16(11-15)28(20,25)26/h2-11H,1H3,(H,21,24)(H,22,23)(H2,20,25,26). The predicted octanol–water partition coefficient (Wildman–Crippen LogP) is 3.21. The molecule has 28 heavy (non-hydrogen) atoms. The van der Waals surface area contributed by atoms with E-state index in [0.717, 1.165) is 4.88 Å². The second kappa shape index (κ2) is 7.93. The van der Waals surface area contributed by atoms with Gasteiger partial charge in [-0.15, -0.1) is 11.3 Å². The molecule has 0 aliphatic heterocycles. The molecular weight excluding hydrogens is 398 g/mol. The number of primary sulfonamides is 1. The predicted molar refractivity (Wildman–Crippen MR) is 109 cm³/mol. The number of anilines is 2. The van der Waals surface area contributed by atoms with E-state index in [-0.39, 0.29) is 10.8 Å². The third-order valence-electron chi connectivity index (χ3n) is 3.79. The topological polar surface area (TPSA) is 118 Å². The van der Waals surface area contributed by atoms with Crippen LogP contribution >= 0.6 is 11.3 Å². The van der Waals surface area contributed by atoms with Crippen molar-refractivity contribution < 1.29 is 18.0 Å². The van der Waals surface area contributed by atoms with Gasteiger partial charge in [0.2, 0.25) is 10.0 Å². The number of thiophene rings is 1. The molecule has 7 nitrogen and oxygen atoms in total. The fourth-order valence-corrected chi connectivity index (χ4v) is 3.73. The summed E-state index contributed by atoms with van der Waals surface area (Å²) >= 11 is 1.40. The molecule has 0 radical (unpaired) electrons. The summed E-state index contributed by atoms with van der Waals surface area (Å²) < 4.78 is 22.8. The van der Waals surface area contributed by atoms with E-state index in [0.29, 0.717) is 21.8 Å². The lowest BCUT2D eigenvalue weighted by Crippen LogP contribution is -2.15. The first-order valence-electron chi connectivity index (χ1n) is 8.14. The zero-order valence-corrected chi connectivity index (χ0v) is 16.4. The van der Waals surface area contributed by atoms with Gasteiger partial charge in [0.25, 0.3) is 11.8 Å². The fraction of sp³-hybridized carbons (Fsp3) is 0.0526. The molecule has 3 aromatic rings. The highest BCUT2D eigenvalue weighted by atomic mass is 32.2. The number of carbonyl (C=O) groups is 2. The minimum absolute atomic E-state index is 0.0906. The average molecular weight is 415 g/mol. The Morgan fingerprint density at radius 2 is 1.57 bits per heavy atom. The lowest BCUT2D eigenvalue weighted by molar-refractivity contribution is 0.102. The van der Waals surface area contributed by atoms with Gasteiger partial charge in [0.1, 0.15) is 0 Å². The Labute approximate surface area is 166 Å². The van der Waals surface area contributed by atoms with Gasteiger partial charge in [-0.3, -0.25) is 9.59 Å². The van der Waals surface area contributed by atoms with Crippen LogP contribution in [0.25, 0.3) is 0 Å². The zero-order valence-electron chi connectivity index (χ0n) is 14.8. The molecule has 0 spiro atoms. The fourth-order valence-electron chi connectivity index (χ4n) is 2.41. The number of carbonyl (C=O) groups excluding carboxylic acids is 2. The number of amides is 2. The van der Waals surface area contributed by atoms with Crippen LogP contribution in [0.15, 0.2) is 65.6 Å². The Kier molecular flexibility index (Phi) is 5.59. The summed E-state index contributed by atoms with van der Waals surface area (Å²) in [5.74, 6) is -0.631. The molecule has 4 N–H and O–H groups in total. The van der Waals surface area contributed by atoms with Gasteiger partial charge in [0, 0.05) is 21.8 Å². The smallest absolute Gasteiger partial charge is 0.265 e. The van der Waals surface area contributed by atoms with Crippen molar-refractivity contribution in [2.45, 2.75) is 11.8 Å². The maximum Gasteiger partial charge on any atom is 0.265 e. The first-order valence-corrected chi connectivity index (χ1v) is 10.5. The van der Waals surface area contributed by atoms with Crippen LogP contribution in [0, 0.1) is 6.92 Å². The number of benzene rings is 2. The quantitative estimate of drug-likeness (QED) is 0.593. The maximum absolute atomic E-state index is 12.4. The van der Waals surface area contributed by atoms with E-state index in [1.807, 2.05) is 13.0 Å². The van der Waals surface area contributed by atoms with Crippen LogP contribution in [0.1, 0.15) is 24.9 Å². The minimum Gasteiger partial charge on any atom is -0.322 e. The lowest BCUT2D eigenvalue weighted by atomic mass is 10.2. The summed E-state index contributed by atoms with van der Waals surface area (Å²) in [5.41, 5.74) is 1.22. The van der Waals surface area contributed by atoms with Crippen molar-refractivity contribution in [3.8, 4) is 0 Å². The average Bonchev–Trinajstić information content (AvgIpc) is 3.08. The van der Waals surface area contributed by atoms with E-state index in [1.54, 1.807) is 36.4 Å². The van der Waals surface area contributed by atoms with Crippen LogP contribution in [-0.2, 0) is 10.0 Å². The Morgan fingerprint density at radius 1 is 0.893 bits per heavy atom. The summed E-state index contributed by atoms with van der Waals surface area (Å²) in [7, 11) is -3.86.